The van der Waals surface area contributed by atoms with Gasteiger partial charge in [-0.2, -0.15) is 8.78 Å². The molecule has 0 aliphatic carbocycles. The van der Waals surface area contributed by atoms with E-state index in [1.165, 1.54) is 6.20 Å². The lowest BCUT2D eigenvalue weighted by Gasteiger charge is -2.08. The lowest BCUT2D eigenvalue weighted by molar-refractivity contribution is -0.0494. The highest BCUT2D eigenvalue weighted by Crippen LogP contribution is 2.34. The molecule has 1 heterocycles. The molecule has 1 aromatic carbocycles. The van der Waals surface area contributed by atoms with Crippen LogP contribution in [0.25, 0.3) is 10.6 Å². The minimum absolute atomic E-state index is 0.0911. The molecule has 0 saturated carbocycles. The van der Waals surface area contributed by atoms with Gasteiger partial charge in [-0.3, -0.25) is 4.79 Å². The zero-order valence-electron chi connectivity index (χ0n) is 8.77. The number of halogens is 3. The Bertz CT molecular complexity index is 571. The molecule has 7 heteroatoms. The number of alkyl halides is 2. The maximum Gasteiger partial charge on any atom is 0.387 e. The van der Waals surface area contributed by atoms with Crippen molar-refractivity contribution in [3.05, 3.63) is 35.1 Å². The summed E-state index contributed by atoms with van der Waals surface area (Å²) in [5.74, 6) is -0.785. The van der Waals surface area contributed by atoms with Gasteiger partial charge in [0.1, 0.15) is 16.6 Å². The van der Waals surface area contributed by atoms with Crippen LogP contribution in [-0.2, 0) is 0 Å². The quantitative estimate of drug-likeness (QED) is 0.802. The number of hydrogen-bond acceptors (Lipinski definition) is 4. The predicted molar refractivity (Wildman–Crippen MR) is 59.5 cm³/mol. The molecule has 0 unspecified atom stereocenters. The Hall–Kier alpha value is -1.89. The van der Waals surface area contributed by atoms with Gasteiger partial charge in [-0.15, -0.1) is 11.3 Å². The molecule has 0 radical (unpaired) electrons. The summed E-state index contributed by atoms with van der Waals surface area (Å²) in [7, 11) is 0. The van der Waals surface area contributed by atoms with Crippen molar-refractivity contribution in [3.8, 4) is 16.3 Å². The third-order valence-corrected chi connectivity index (χ3v) is 2.98. The number of aromatic nitrogens is 1. The van der Waals surface area contributed by atoms with Crippen molar-refractivity contribution >= 4 is 17.6 Å². The number of nitrogens with zero attached hydrogens (tertiary/aromatic N) is 1. The summed E-state index contributed by atoms with van der Waals surface area (Å²) in [6.45, 7) is -3.01. The largest absolute Gasteiger partial charge is 0.434 e. The zero-order chi connectivity index (χ0) is 13.1. The van der Waals surface area contributed by atoms with Gasteiger partial charge in [0.25, 0.3) is 0 Å². The lowest BCUT2D eigenvalue weighted by atomic mass is 10.2. The molecule has 0 bridgehead atoms. The highest BCUT2D eigenvalue weighted by Gasteiger charge is 2.15. The van der Waals surface area contributed by atoms with Crippen LogP contribution in [0, 0.1) is 5.82 Å². The summed E-state index contributed by atoms with van der Waals surface area (Å²) < 4.78 is 41.8. The minimum atomic E-state index is -3.01. The SMILES string of the molecule is O=Cc1cnc(-c2cc(F)ccc2OC(F)F)s1. The zero-order valence-corrected chi connectivity index (χ0v) is 9.59. The van der Waals surface area contributed by atoms with Gasteiger partial charge >= 0.3 is 6.61 Å². The Kier molecular flexibility index (Phi) is 3.61. The average molecular weight is 273 g/mol. The monoisotopic (exact) mass is 273 g/mol. The van der Waals surface area contributed by atoms with Crippen LogP contribution in [0.5, 0.6) is 5.75 Å². The van der Waals surface area contributed by atoms with Crippen molar-refractivity contribution in [2.45, 2.75) is 6.61 Å². The molecule has 0 N–H and O–H groups in total. The Morgan fingerprint density at radius 1 is 1.39 bits per heavy atom. The van der Waals surface area contributed by atoms with Crippen LogP contribution >= 0.6 is 11.3 Å². The van der Waals surface area contributed by atoms with Crippen molar-refractivity contribution in [1.29, 1.82) is 0 Å². The van der Waals surface area contributed by atoms with E-state index in [9.17, 15) is 18.0 Å². The van der Waals surface area contributed by atoms with Crippen LogP contribution < -0.4 is 4.74 Å². The van der Waals surface area contributed by atoms with Crippen LogP contribution in [0.3, 0.4) is 0 Å². The molecule has 0 spiro atoms. The Labute approximate surface area is 104 Å². The maximum atomic E-state index is 13.1. The van der Waals surface area contributed by atoms with Gasteiger partial charge in [0.2, 0.25) is 0 Å². The van der Waals surface area contributed by atoms with Crippen molar-refractivity contribution in [2.75, 3.05) is 0 Å². The summed E-state index contributed by atoms with van der Waals surface area (Å²) in [5, 5.41) is 0.243. The molecule has 0 atom stereocenters. The fraction of sp³-hybridized carbons (Fsp3) is 0.0909. The summed E-state index contributed by atoms with van der Waals surface area (Å²) in [5.41, 5.74) is 0.0911. The second-order valence-electron chi connectivity index (χ2n) is 3.20. The third-order valence-electron chi connectivity index (χ3n) is 2.03. The molecule has 0 saturated heterocycles. The van der Waals surface area contributed by atoms with Crippen molar-refractivity contribution in [3.63, 3.8) is 0 Å². The Balaban J connectivity index is 2.46. The Morgan fingerprint density at radius 3 is 2.78 bits per heavy atom. The molecule has 2 aromatic rings. The number of carbonyl (C=O) groups excluding carboxylic acids is 1. The summed E-state index contributed by atoms with van der Waals surface area (Å²) in [6.07, 6.45) is 1.86. The second-order valence-corrected chi connectivity index (χ2v) is 4.27. The van der Waals surface area contributed by atoms with Crippen LogP contribution in [-0.4, -0.2) is 17.9 Å². The first-order valence-corrected chi connectivity index (χ1v) is 5.57. The van der Waals surface area contributed by atoms with E-state index in [0.29, 0.717) is 11.2 Å². The van der Waals surface area contributed by atoms with E-state index in [0.717, 1.165) is 29.5 Å². The standard InChI is InChI=1S/C11H6F3NO2S/c12-6-1-2-9(17-11(13)14)8(3-6)10-15-4-7(5-16)18-10/h1-5,11H. The van der Waals surface area contributed by atoms with E-state index < -0.39 is 12.4 Å². The van der Waals surface area contributed by atoms with E-state index in [2.05, 4.69) is 9.72 Å². The number of ether oxygens (including phenoxy) is 1. The Morgan fingerprint density at radius 2 is 2.17 bits per heavy atom. The molecular formula is C11H6F3NO2S. The molecular weight excluding hydrogens is 267 g/mol. The van der Waals surface area contributed by atoms with E-state index in [1.807, 2.05) is 0 Å². The average Bonchev–Trinajstić information content (AvgIpc) is 2.79. The number of benzene rings is 1. The van der Waals surface area contributed by atoms with Crippen molar-refractivity contribution in [2.24, 2.45) is 0 Å². The summed E-state index contributed by atoms with van der Waals surface area (Å²) in [6, 6.07) is 3.14. The van der Waals surface area contributed by atoms with Gasteiger partial charge in [0, 0.05) is 6.20 Å². The maximum absolute atomic E-state index is 13.1. The fourth-order valence-electron chi connectivity index (χ4n) is 1.33. The third kappa shape index (κ3) is 2.67. The smallest absolute Gasteiger partial charge is 0.387 e. The number of carbonyl (C=O) groups is 1. The molecule has 3 nitrogen and oxygen atoms in total. The van der Waals surface area contributed by atoms with Gasteiger partial charge in [0.05, 0.1) is 10.4 Å². The molecule has 1 aromatic heterocycles. The predicted octanol–water partition coefficient (Wildman–Crippen LogP) is 3.36. The molecule has 0 aliphatic rings. The van der Waals surface area contributed by atoms with Crippen LogP contribution in [0.1, 0.15) is 9.67 Å². The first-order valence-electron chi connectivity index (χ1n) is 4.76. The first-order chi connectivity index (χ1) is 8.60. The molecule has 0 fully saturated rings. The van der Waals surface area contributed by atoms with Crippen LogP contribution in [0.15, 0.2) is 24.4 Å². The van der Waals surface area contributed by atoms with Gasteiger partial charge in [0.15, 0.2) is 6.29 Å². The van der Waals surface area contributed by atoms with Gasteiger partial charge < -0.3 is 4.74 Å². The van der Waals surface area contributed by atoms with E-state index >= 15 is 0 Å². The highest BCUT2D eigenvalue weighted by molar-refractivity contribution is 7.16. The number of thiazole rings is 1. The molecule has 94 valence electrons. The number of hydrogen-bond donors (Lipinski definition) is 0. The van der Waals surface area contributed by atoms with E-state index in [1.54, 1.807) is 0 Å². The number of rotatable bonds is 4. The van der Waals surface area contributed by atoms with E-state index in [-0.39, 0.29) is 16.3 Å². The van der Waals surface area contributed by atoms with Crippen molar-refractivity contribution in [1.82, 2.24) is 4.98 Å². The molecule has 0 amide bonds. The van der Waals surface area contributed by atoms with E-state index in [4.69, 9.17) is 0 Å². The lowest BCUT2D eigenvalue weighted by Crippen LogP contribution is -2.03. The highest BCUT2D eigenvalue weighted by atomic mass is 32.1. The minimum Gasteiger partial charge on any atom is -0.434 e. The topological polar surface area (TPSA) is 39.2 Å². The van der Waals surface area contributed by atoms with Gasteiger partial charge in [-0.25, -0.2) is 9.37 Å². The first kappa shape index (κ1) is 12.6. The second kappa shape index (κ2) is 5.18. The normalized spacial score (nSPS) is 10.7. The summed E-state index contributed by atoms with van der Waals surface area (Å²) in [4.78, 5) is 14.7. The van der Waals surface area contributed by atoms with Crippen molar-refractivity contribution < 1.29 is 22.7 Å². The number of aldehydes is 1. The molecule has 18 heavy (non-hydrogen) atoms. The van der Waals surface area contributed by atoms with Crippen LogP contribution in [0.2, 0.25) is 0 Å². The molecule has 0 aliphatic heterocycles. The summed E-state index contributed by atoms with van der Waals surface area (Å²) >= 11 is 0.965. The van der Waals surface area contributed by atoms with Gasteiger partial charge in [-0.05, 0) is 18.2 Å². The van der Waals surface area contributed by atoms with Gasteiger partial charge in [-0.1, -0.05) is 0 Å². The van der Waals surface area contributed by atoms with Crippen LogP contribution in [0.4, 0.5) is 13.2 Å². The molecule has 2 rings (SSSR count). The fourth-order valence-corrected chi connectivity index (χ4v) is 2.09.